The minimum Gasteiger partial charge on any atom is -0.477 e. The van der Waals surface area contributed by atoms with Gasteiger partial charge >= 0.3 is 6.18 Å². The highest BCUT2D eigenvalue weighted by Crippen LogP contribution is 2.45. The molecule has 1 aromatic heterocycles. The predicted octanol–water partition coefficient (Wildman–Crippen LogP) is 7.14. The zero-order valence-electron chi connectivity index (χ0n) is 28.7. The summed E-state index contributed by atoms with van der Waals surface area (Å²) in [7, 11) is 0. The number of carbonyl (C=O) groups is 3. The van der Waals surface area contributed by atoms with Crippen molar-refractivity contribution in [1.29, 1.82) is 0 Å². The third-order valence-electron chi connectivity index (χ3n) is 8.85. The summed E-state index contributed by atoms with van der Waals surface area (Å²) < 4.78 is 117. The van der Waals surface area contributed by atoms with Crippen LogP contribution in [0.5, 0.6) is 5.75 Å². The van der Waals surface area contributed by atoms with Gasteiger partial charge in [-0.2, -0.15) is 27.1 Å². The highest BCUT2D eigenvalue weighted by molar-refractivity contribution is 6.05. The minimum atomic E-state index is -4.77. The van der Waals surface area contributed by atoms with E-state index in [1.165, 1.54) is 28.6 Å². The minimum absolute atomic E-state index is 0.00816. The highest BCUT2D eigenvalue weighted by atomic mass is 19.4. The van der Waals surface area contributed by atoms with Gasteiger partial charge in [0.05, 0.1) is 23.0 Å². The molecule has 4 aromatic carbocycles. The van der Waals surface area contributed by atoms with E-state index < -0.39 is 94.5 Å². The number of nitrogens with zero attached hydrogens (tertiary/aromatic N) is 3. The first-order valence-corrected chi connectivity index (χ1v) is 16.6. The Kier molecular flexibility index (Phi) is 10.7. The number of para-hydroxylation sites is 1. The molecule has 3 atom stereocenters. The van der Waals surface area contributed by atoms with Gasteiger partial charge in [0.1, 0.15) is 17.7 Å². The van der Waals surface area contributed by atoms with E-state index in [1.807, 2.05) is 0 Å². The number of benzene rings is 4. The Morgan fingerprint density at radius 3 is 2.16 bits per heavy atom. The lowest BCUT2D eigenvalue weighted by atomic mass is 9.80. The van der Waals surface area contributed by atoms with Crippen molar-refractivity contribution >= 4 is 23.5 Å². The molecular weight excluding hydrogens is 742 g/mol. The number of nitrogens with one attached hydrogen (secondary N) is 2. The molecule has 286 valence electrons. The van der Waals surface area contributed by atoms with E-state index in [0.717, 1.165) is 30.3 Å². The first kappa shape index (κ1) is 38.5. The Labute approximate surface area is 307 Å². The van der Waals surface area contributed by atoms with Crippen molar-refractivity contribution in [3.63, 3.8) is 0 Å². The van der Waals surface area contributed by atoms with Gasteiger partial charge in [0.15, 0.2) is 24.0 Å². The molecule has 9 nitrogen and oxygen atoms in total. The Morgan fingerprint density at radius 1 is 0.891 bits per heavy atom. The topological polar surface area (TPSA) is 106 Å². The number of halogens is 8. The number of likely N-dealkylation sites (N-methyl/N-ethyl adjacent to an activating group) is 1. The number of hydrogen-bond acceptors (Lipinski definition) is 5. The van der Waals surface area contributed by atoms with Gasteiger partial charge in [0.2, 0.25) is 11.6 Å². The van der Waals surface area contributed by atoms with Crippen molar-refractivity contribution in [2.45, 2.75) is 38.0 Å². The molecule has 2 N–H and O–H groups in total. The van der Waals surface area contributed by atoms with Crippen molar-refractivity contribution in [3.05, 3.63) is 142 Å². The number of rotatable bonds is 10. The number of alkyl halides is 3. The molecule has 0 radical (unpaired) electrons. The Balaban J connectivity index is 1.45. The summed E-state index contributed by atoms with van der Waals surface area (Å²) in [6.07, 6.45) is -4.77. The lowest BCUT2D eigenvalue weighted by molar-refractivity contribution is -0.137. The summed E-state index contributed by atoms with van der Waals surface area (Å²) in [6, 6.07) is 14.3. The highest BCUT2D eigenvalue weighted by Gasteiger charge is 2.47. The smallest absolute Gasteiger partial charge is 0.416 e. The molecule has 2 heterocycles. The summed E-state index contributed by atoms with van der Waals surface area (Å²) in [4.78, 5) is 42.5. The van der Waals surface area contributed by atoms with Crippen LogP contribution in [0.25, 0.3) is 5.69 Å². The van der Waals surface area contributed by atoms with Gasteiger partial charge in [0.25, 0.3) is 17.7 Å². The SMILES string of the molecule is CCN1C(=O)[C@@H](NC(=O)c2cccc(C(F)(F)F)c2)[C@@H](c2ccc(F)cc2)c2c([C@@H](C)NC(=O)COc3c(F)c(F)cc(F)c3F)nn(-c3ccccc3)c21. The third kappa shape index (κ3) is 7.59. The Hall–Kier alpha value is -6.26. The summed E-state index contributed by atoms with van der Waals surface area (Å²) in [5.74, 6) is -13.1. The van der Waals surface area contributed by atoms with E-state index in [2.05, 4.69) is 10.6 Å². The number of aromatic nitrogens is 2. The monoisotopic (exact) mass is 771 g/mol. The van der Waals surface area contributed by atoms with Gasteiger partial charge in [-0.15, -0.1) is 0 Å². The van der Waals surface area contributed by atoms with Crippen molar-refractivity contribution < 1.29 is 54.2 Å². The van der Waals surface area contributed by atoms with Gasteiger partial charge in [-0.3, -0.25) is 19.3 Å². The van der Waals surface area contributed by atoms with Crippen molar-refractivity contribution in [2.75, 3.05) is 18.1 Å². The van der Waals surface area contributed by atoms with E-state index in [4.69, 9.17) is 9.84 Å². The average Bonchev–Trinajstić information content (AvgIpc) is 3.55. The number of ether oxygens (including phenoxy) is 1. The number of amides is 3. The fourth-order valence-corrected chi connectivity index (χ4v) is 6.35. The second kappa shape index (κ2) is 15.2. The zero-order chi connectivity index (χ0) is 39.8. The first-order chi connectivity index (χ1) is 26.1. The van der Waals surface area contributed by atoms with Crippen LogP contribution in [0.4, 0.5) is 40.9 Å². The Bertz CT molecular complexity index is 2240. The maximum atomic E-state index is 14.4. The fraction of sp³-hybridized carbons (Fsp3) is 0.211. The average molecular weight is 772 g/mol. The molecule has 5 aromatic rings. The molecule has 17 heteroatoms. The summed E-state index contributed by atoms with van der Waals surface area (Å²) >= 11 is 0. The normalized spacial score (nSPS) is 16.0. The maximum Gasteiger partial charge on any atom is 0.416 e. The molecule has 3 amide bonds. The number of anilines is 1. The lowest BCUT2D eigenvalue weighted by Crippen LogP contribution is -2.55. The molecule has 0 aliphatic carbocycles. The second-order valence-corrected chi connectivity index (χ2v) is 12.4. The molecule has 0 spiro atoms. The quantitative estimate of drug-likeness (QED) is 0.116. The Morgan fingerprint density at radius 2 is 1.55 bits per heavy atom. The molecule has 0 bridgehead atoms. The molecule has 1 aliphatic heterocycles. The van der Waals surface area contributed by atoms with E-state index in [1.54, 1.807) is 37.3 Å². The van der Waals surface area contributed by atoms with Gasteiger partial charge in [-0.05, 0) is 61.9 Å². The third-order valence-corrected chi connectivity index (χ3v) is 8.85. The molecule has 55 heavy (non-hydrogen) atoms. The molecule has 0 saturated heterocycles. The molecular formula is C38H29F8N5O4. The van der Waals surface area contributed by atoms with Crippen LogP contribution >= 0.6 is 0 Å². The molecule has 0 saturated carbocycles. The summed E-state index contributed by atoms with van der Waals surface area (Å²) in [5, 5.41) is 9.88. The van der Waals surface area contributed by atoms with E-state index in [-0.39, 0.29) is 35.2 Å². The van der Waals surface area contributed by atoms with E-state index in [0.29, 0.717) is 11.8 Å². The summed E-state index contributed by atoms with van der Waals surface area (Å²) in [5.41, 5.74) is -0.460. The fourth-order valence-electron chi connectivity index (χ4n) is 6.35. The van der Waals surface area contributed by atoms with Crippen LogP contribution < -0.4 is 20.3 Å². The van der Waals surface area contributed by atoms with Crippen LogP contribution in [-0.4, -0.2) is 46.7 Å². The van der Waals surface area contributed by atoms with Crippen molar-refractivity contribution in [1.82, 2.24) is 20.4 Å². The van der Waals surface area contributed by atoms with Gasteiger partial charge in [-0.1, -0.05) is 36.4 Å². The van der Waals surface area contributed by atoms with Gasteiger partial charge < -0.3 is 15.4 Å². The van der Waals surface area contributed by atoms with Crippen LogP contribution in [0.15, 0.2) is 84.9 Å². The van der Waals surface area contributed by atoms with Crippen molar-refractivity contribution in [3.8, 4) is 11.4 Å². The molecule has 0 unspecified atom stereocenters. The van der Waals surface area contributed by atoms with E-state index in [9.17, 15) is 49.5 Å². The van der Waals surface area contributed by atoms with Gasteiger partial charge in [0, 0.05) is 29.7 Å². The standard InChI is InChI=1S/C38H29F8N5O4/c1-3-50-36-29(28(20-12-14-23(39)15-13-20)33(37(50)54)48-35(53)21-8-7-9-22(16-21)38(44,45)46)32(49-51(36)24-10-5-4-6-11-24)19(2)47-27(52)18-55-34-30(42)25(40)17-26(41)31(34)43/h4-17,19,28,33H,3,18H2,1-2H3,(H,47,52)(H,48,53)/t19-,28+,33+/m1/s1. The first-order valence-electron chi connectivity index (χ1n) is 16.6. The van der Waals surface area contributed by atoms with Crippen LogP contribution in [0.3, 0.4) is 0 Å². The lowest BCUT2D eigenvalue weighted by Gasteiger charge is -2.39. The maximum absolute atomic E-state index is 14.4. The van der Waals surface area contributed by atoms with Gasteiger partial charge in [-0.25, -0.2) is 17.9 Å². The second-order valence-electron chi connectivity index (χ2n) is 12.4. The molecule has 1 aliphatic rings. The van der Waals surface area contributed by atoms with E-state index >= 15 is 0 Å². The van der Waals surface area contributed by atoms with Crippen LogP contribution in [0, 0.1) is 29.1 Å². The zero-order valence-corrected chi connectivity index (χ0v) is 28.7. The van der Waals surface area contributed by atoms with Crippen molar-refractivity contribution in [2.24, 2.45) is 0 Å². The molecule has 6 rings (SSSR count). The number of hydrogen-bond donors (Lipinski definition) is 2. The van der Waals surface area contributed by atoms with Crippen LogP contribution in [0.1, 0.15) is 58.5 Å². The number of fused-ring (bicyclic) bond motifs is 1. The van der Waals surface area contributed by atoms with Crippen LogP contribution in [0.2, 0.25) is 0 Å². The summed E-state index contributed by atoms with van der Waals surface area (Å²) in [6.45, 7) is 1.97. The molecule has 0 fully saturated rings. The largest absolute Gasteiger partial charge is 0.477 e. The van der Waals surface area contributed by atoms with Crippen LogP contribution in [-0.2, 0) is 15.8 Å². The number of carbonyl (C=O) groups excluding carboxylic acids is 3. The predicted molar refractivity (Wildman–Crippen MR) is 181 cm³/mol.